The van der Waals surface area contributed by atoms with E-state index >= 15 is 0 Å². The van der Waals surface area contributed by atoms with Gasteiger partial charge in [-0.15, -0.1) is 0 Å². The number of anilines is 1. The number of aromatic nitrogens is 1. The van der Waals surface area contributed by atoms with Crippen molar-refractivity contribution in [2.45, 2.75) is 6.61 Å². The number of nitrogens with one attached hydrogen (secondary N) is 1. The van der Waals surface area contributed by atoms with Gasteiger partial charge in [0.1, 0.15) is 12.4 Å². The molecular weight excluding hydrogens is 368 g/mol. The first-order valence-corrected chi connectivity index (χ1v) is 8.19. The van der Waals surface area contributed by atoms with E-state index in [-0.39, 0.29) is 5.91 Å². The number of rotatable bonds is 5. The number of carbonyl (C=O) groups is 1. The number of para-hydroxylation sites is 1. The molecule has 0 spiro atoms. The van der Waals surface area contributed by atoms with Crippen molar-refractivity contribution >= 4 is 27.5 Å². The smallest absolute Gasteiger partial charge is 0.259 e. The summed E-state index contributed by atoms with van der Waals surface area (Å²) >= 11 is 3.44. The van der Waals surface area contributed by atoms with E-state index in [0.29, 0.717) is 23.6 Å². The predicted molar refractivity (Wildman–Crippen MR) is 97.1 cm³/mol. The van der Waals surface area contributed by atoms with Crippen LogP contribution in [0.1, 0.15) is 15.9 Å². The van der Waals surface area contributed by atoms with Crippen molar-refractivity contribution in [2.24, 2.45) is 0 Å². The van der Waals surface area contributed by atoms with Crippen LogP contribution in [0.2, 0.25) is 0 Å². The Labute approximate surface area is 148 Å². The Kier molecular flexibility index (Phi) is 5.23. The maximum absolute atomic E-state index is 12.5. The quantitative estimate of drug-likeness (QED) is 0.696. The molecule has 0 saturated heterocycles. The van der Waals surface area contributed by atoms with Gasteiger partial charge in [0.15, 0.2) is 0 Å². The summed E-state index contributed by atoms with van der Waals surface area (Å²) in [4.78, 5) is 16.5. The Bertz CT molecular complexity index is 838. The number of pyridine rings is 1. The van der Waals surface area contributed by atoms with Gasteiger partial charge in [-0.2, -0.15) is 0 Å². The number of halogens is 1. The molecule has 0 fully saturated rings. The van der Waals surface area contributed by atoms with E-state index in [2.05, 4.69) is 26.2 Å². The van der Waals surface area contributed by atoms with Gasteiger partial charge < -0.3 is 10.1 Å². The van der Waals surface area contributed by atoms with Crippen LogP contribution in [0.3, 0.4) is 0 Å². The minimum atomic E-state index is -0.229. The monoisotopic (exact) mass is 382 g/mol. The molecule has 1 aromatic heterocycles. The molecule has 1 amide bonds. The van der Waals surface area contributed by atoms with Crippen molar-refractivity contribution in [1.82, 2.24) is 4.98 Å². The SMILES string of the molecule is O=C(Nc1cccnc1)c1ccccc1OCc1cccc(Br)c1. The molecule has 0 aliphatic rings. The highest BCUT2D eigenvalue weighted by Crippen LogP contribution is 2.21. The second-order valence-corrected chi connectivity index (χ2v) is 6.03. The van der Waals surface area contributed by atoms with Gasteiger partial charge in [0, 0.05) is 10.7 Å². The van der Waals surface area contributed by atoms with Gasteiger partial charge in [0.25, 0.3) is 5.91 Å². The lowest BCUT2D eigenvalue weighted by Crippen LogP contribution is -2.13. The fourth-order valence-corrected chi connectivity index (χ4v) is 2.65. The van der Waals surface area contributed by atoms with E-state index in [4.69, 9.17) is 4.74 Å². The van der Waals surface area contributed by atoms with Crippen molar-refractivity contribution in [1.29, 1.82) is 0 Å². The summed E-state index contributed by atoms with van der Waals surface area (Å²) < 4.78 is 6.83. The van der Waals surface area contributed by atoms with Crippen LogP contribution in [0.25, 0.3) is 0 Å². The van der Waals surface area contributed by atoms with Gasteiger partial charge in [-0.25, -0.2) is 0 Å². The average Bonchev–Trinajstić information content (AvgIpc) is 2.61. The summed E-state index contributed by atoms with van der Waals surface area (Å²) in [6.45, 7) is 0.386. The second-order valence-electron chi connectivity index (χ2n) is 5.11. The Hall–Kier alpha value is -2.66. The maximum Gasteiger partial charge on any atom is 0.259 e. The Morgan fingerprint density at radius 2 is 1.96 bits per heavy atom. The molecule has 0 aliphatic carbocycles. The standard InChI is InChI=1S/C19H15BrN2O2/c20-15-6-3-5-14(11-15)13-24-18-9-2-1-8-17(18)19(23)22-16-7-4-10-21-12-16/h1-12H,13H2,(H,22,23). The van der Waals surface area contributed by atoms with Crippen LogP contribution in [0.4, 0.5) is 5.69 Å². The van der Waals surface area contributed by atoms with Crippen LogP contribution in [-0.4, -0.2) is 10.9 Å². The second kappa shape index (κ2) is 7.75. The van der Waals surface area contributed by atoms with Crippen molar-refractivity contribution in [3.05, 3.63) is 88.7 Å². The molecule has 120 valence electrons. The molecule has 1 N–H and O–H groups in total. The molecule has 3 rings (SSSR count). The summed E-state index contributed by atoms with van der Waals surface area (Å²) in [6, 6.07) is 18.6. The van der Waals surface area contributed by atoms with E-state index in [9.17, 15) is 4.79 Å². The largest absolute Gasteiger partial charge is 0.488 e. The van der Waals surface area contributed by atoms with Gasteiger partial charge in [-0.3, -0.25) is 9.78 Å². The summed E-state index contributed by atoms with van der Waals surface area (Å²) in [5.41, 5.74) is 2.15. The van der Waals surface area contributed by atoms with Crippen LogP contribution in [0, 0.1) is 0 Å². The maximum atomic E-state index is 12.5. The summed E-state index contributed by atoms with van der Waals surface area (Å²) in [6.07, 6.45) is 3.26. The molecule has 0 bridgehead atoms. The average molecular weight is 383 g/mol. The Morgan fingerprint density at radius 3 is 2.75 bits per heavy atom. The van der Waals surface area contributed by atoms with Crippen molar-refractivity contribution in [3.8, 4) is 5.75 Å². The summed E-state index contributed by atoms with van der Waals surface area (Å²) in [5, 5.41) is 2.82. The van der Waals surface area contributed by atoms with Crippen LogP contribution >= 0.6 is 15.9 Å². The molecule has 5 heteroatoms. The molecule has 2 aromatic carbocycles. The third-order valence-corrected chi connectivity index (χ3v) is 3.83. The van der Waals surface area contributed by atoms with E-state index < -0.39 is 0 Å². The zero-order chi connectivity index (χ0) is 16.8. The van der Waals surface area contributed by atoms with Gasteiger partial charge >= 0.3 is 0 Å². The molecule has 0 saturated carbocycles. The predicted octanol–water partition coefficient (Wildman–Crippen LogP) is 4.68. The lowest BCUT2D eigenvalue weighted by molar-refractivity contribution is 0.102. The highest BCUT2D eigenvalue weighted by atomic mass is 79.9. The van der Waals surface area contributed by atoms with E-state index in [1.165, 1.54) is 0 Å². The minimum Gasteiger partial charge on any atom is -0.488 e. The normalized spacial score (nSPS) is 10.2. The Morgan fingerprint density at radius 1 is 1.08 bits per heavy atom. The molecule has 0 radical (unpaired) electrons. The first kappa shape index (κ1) is 16.2. The third kappa shape index (κ3) is 4.20. The molecule has 0 atom stereocenters. The van der Waals surface area contributed by atoms with Crippen molar-refractivity contribution < 1.29 is 9.53 Å². The molecule has 0 aliphatic heterocycles. The number of hydrogen-bond acceptors (Lipinski definition) is 3. The van der Waals surface area contributed by atoms with E-state index in [1.54, 1.807) is 36.7 Å². The van der Waals surface area contributed by atoms with Gasteiger partial charge in [0.2, 0.25) is 0 Å². The van der Waals surface area contributed by atoms with E-state index in [1.807, 2.05) is 36.4 Å². The molecular formula is C19H15BrN2O2. The number of amides is 1. The fourth-order valence-electron chi connectivity index (χ4n) is 2.20. The van der Waals surface area contributed by atoms with Crippen LogP contribution < -0.4 is 10.1 Å². The minimum absolute atomic E-state index is 0.229. The zero-order valence-electron chi connectivity index (χ0n) is 12.8. The lowest BCUT2D eigenvalue weighted by atomic mass is 10.2. The zero-order valence-corrected chi connectivity index (χ0v) is 14.4. The van der Waals surface area contributed by atoms with Crippen LogP contribution in [0.5, 0.6) is 5.75 Å². The first-order chi connectivity index (χ1) is 11.7. The number of carbonyl (C=O) groups excluding carboxylic acids is 1. The molecule has 3 aromatic rings. The highest BCUT2D eigenvalue weighted by molar-refractivity contribution is 9.10. The third-order valence-electron chi connectivity index (χ3n) is 3.33. The number of benzene rings is 2. The Balaban J connectivity index is 1.74. The topological polar surface area (TPSA) is 51.2 Å². The highest BCUT2D eigenvalue weighted by Gasteiger charge is 2.12. The first-order valence-electron chi connectivity index (χ1n) is 7.40. The summed E-state index contributed by atoms with van der Waals surface area (Å²) in [7, 11) is 0. The number of ether oxygens (including phenoxy) is 1. The molecule has 1 heterocycles. The van der Waals surface area contributed by atoms with Crippen LogP contribution in [0.15, 0.2) is 77.5 Å². The molecule has 24 heavy (non-hydrogen) atoms. The lowest BCUT2D eigenvalue weighted by Gasteiger charge is -2.12. The van der Waals surface area contributed by atoms with E-state index in [0.717, 1.165) is 10.0 Å². The summed E-state index contributed by atoms with van der Waals surface area (Å²) in [5.74, 6) is 0.312. The van der Waals surface area contributed by atoms with Crippen LogP contribution in [-0.2, 0) is 6.61 Å². The van der Waals surface area contributed by atoms with Gasteiger partial charge in [-0.1, -0.05) is 40.2 Å². The van der Waals surface area contributed by atoms with Gasteiger partial charge in [0.05, 0.1) is 17.4 Å². The van der Waals surface area contributed by atoms with Gasteiger partial charge in [-0.05, 0) is 42.0 Å². The number of nitrogens with zero attached hydrogens (tertiary/aromatic N) is 1. The number of hydrogen-bond donors (Lipinski definition) is 1. The van der Waals surface area contributed by atoms with Crippen molar-refractivity contribution in [2.75, 3.05) is 5.32 Å². The van der Waals surface area contributed by atoms with Crippen molar-refractivity contribution in [3.63, 3.8) is 0 Å². The molecule has 0 unspecified atom stereocenters. The molecule has 4 nitrogen and oxygen atoms in total. The fraction of sp³-hybridized carbons (Fsp3) is 0.0526.